The molecule has 1 heterocycles. The van der Waals surface area contributed by atoms with Crippen molar-refractivity contribution in [1.82, 2.24) is 9.80 Å². The minimum absolute atomic E-state index is 0.609. The molecule has 0 bridgehead atoms. The summed E-state index contributed by atoms with van der Waals surface area (Å²) in [6, 6.07) is 0. The smallest absolute Gasteiger partial charge is 0.373 e. The SMILES string of the molecule is CCO[Si](CN1CCN(C[Si](OCC)(OCC)OCC)CC1)(OCC)OCC. The zero-order valence-corrected chi connectivity index (χ0v) is 20.8. The van der Waals surface area contributed by atoms with Gasteiger partial charge >= 0.3 is 17.6 Å². The van der Waals surface area contributed by atoms with Gasteiger partial charge in [0.2, 0.25) is 0 Å². The summed E-state index contributed by atoms with van der Waals surface area (Å²) >= 11 is 0. The van der Waals surface area contributed by atoms with Crippen molar-refractivity contribution < 1.29 is 26.6 Å². The van der Waals surface area contributed by atoms with Gasteiger partial charge in [0.05, 0.1) is 12.3 Å². The third-order valence-corrected chi connectivity index (χ3v) is 10.5. The molecule has 0 aromatic heterocycles. The Bertz CT molecular complexity index is 330. The van der Waals surface area contributed by atoms with Gasteiger partial charge in [-0.3, -0.25) is 9.80 Å². The van der Waals surface area contributed by atoms with Crippen LogP contribution in [0.4, 0.5) is 0 Å². The van der Waals surface area contributed by atoms with Crippen molar-refractivity contribution in [2.45, 2.75) is 41.5 Å². The Balaban J connectivity index is 2.66. The maximum Gasteiger partial charge on any atom is 0.515 e. The van der Waals surface area contributed by atoms with Crippen molar-refractivity contribution in [3.8, 4) is 0 Å². The minimum Gasteiger partial charge on any atom is -0.373 e. The van der Waals surface area contributed by atoms with Crippen LogP contribution in [0.25, 0.3) is 0 Å². The van der Waals surface area contributed by atoms with E-state index in [1.54, 1.807) is 0 Å². The second kappa shape index (κ2) is 14.2. The first-order chi connectivity index (χ1) is 13.5. The van der Waals surface area contributed by atoms with Crippen LogP contribution in [0.15, 0.2) is 0 Å². The second-order valence-electron chi connectivity index (χ2n) is 6.52. The average molecular weight is 439 g/mol. The van der Waals surface area contributed by atoms with Crippen LogP contribution in [0.3, 0.4) is 0 Å². The topological polar surface area (TPSA) is 61.9 Å². The third kappa shape index (κ3) is 8.46. The molecule has 0 aliphatic carbocycles. The van der Waals surface area contributed by atoms with E-state index < -0.39 is 17.6 Å². The summed E-state index contributed by atoms with van der Waals surface area (Å²) in [6.45, 7) is 19.4. The lowest BCUT2D eigenvalue weighted by molar-refractivity contribution is 0.0356. The maximum atomic E-state index is 6.00. The molecule has 0 atom stereocenters. The van der Waals surface area contributed by atoms with Crippen molar-refractivity contribution in [1.29, 1.82) is 0 Å². The molecule has 8 nitrogen and oxygen atoms in total. The Hall–Kier alpha value is 0.114. The number of piperazine rings is 1. The van der Waals surface area contributed by atoms with Gasteiger partial charge in [-0.25, -0.2) is 0 Å². The highest BCUT2D eigenvalue weighted by molar-refractivity contribution is 6.61. The zero-order chi connectivity index (χ0) is 20.9. The summed E-state index contributed by atoms with van der Waals surface area (Å²) in [7, 11) is -5.30. The first-order valence-electron chi connectivity index (χ1n) is 10.8. The molecule has 0 saturated carbocycles. The number of hydrogen-bond donors (Lipinski definition) is 0. The van der Waals surface area contributed by atoms with Gasteiger partial charge in [0.15, 0.2) is 0 Å². The summed E-state index contributed by atoms with van der Waals surface area (Å²) in [6.07, 6.45) is 1.47. The largest absolute Gasteiger partial charge is 0.515 e. The van der Waals surface area contributed by atoms with E-state index in [0.29, 0.717) is 39.6 Å². The van der Waals surface area contributed by atoms with Gasteiger partial charge < -0.3 is 26.6 Å². The molecule has 168 valence electrons. The Kier molecular flexibility index (Phi) is 13.2. The molecule has 1 fully saturated rings. The highest BCUT2D eigenvalue weighted by Gasteiger charge is 2.45. The molecule has 0 radical (unpaired) electrons. The molecule has 0 aromatic carbocycles. The molecule has 0 amide bonds. The van der Waals surface area contributed by atoms with Gasteiger partial charge in [-0.05, 0) is 41.5 Å². The molecule has 0 unspecified atom stereocenters. The molecule has 1 rings (SSSR count). The van der Waals surface area contributed by atoms with E-state index >= 15 is 0 Å². The summed E-state index contributed by atoms with van der Waals surface area (Å²) in [5, 5.41) is 0. The molecule has 0 spiro atoms. The van der Waals surface area contributed by atoms with E-state index in [2.05, 4.69) is 9.80 Å². The van der Waals surface area contributed by atoms with Crippen LogP contribution in [-0.2, 0) is 26.6 Å². The van der Waals surface area contributed by atoms with Crippen LogP contribution in [0.2, 0.25) is 0 Å². The van der Waals surface area contributed by atoms with E-state index in [1.807, 2.05) is 41.5 Å². The molecule has 1 aliphatic heterocycles. The van der Waals surface area contributed by atoms with Gasteiger partial charge in [-0.2, -0.15) is 0 Å². The van der Waals surface area contributed by atoms with E-state index in [9.17, 15) is 0 Å². The summed E-state index contributed by atoms with van der Waals surface area (Å²) in [5.74, 6) is 0. The van der Waals surface area contributed by atoms with Gasteiger partial charge in [0.1, 0.15) is 0 Å². The monoisotopic (exact) mass is 438 g/mol. The highest BCUT2D eigenvalue weighted by Crippen LogP contribution is 2.17. The van der Waals surface area contributed by atoms with E-state index in [4.69, 9.17) is 26.6 Å². The first-order valence-corrected chi connectivity index (χ1v) is 14.7. The molecule has 28 heavy (non-hydrogen) atoms. The van der Waals surface area contributed by atoms with Crippen LogP contribution in [0.1, 0.15) is 41.5 Å². The van der Waals surface area contributed by atoms with Crippen LogP contribution in [-0.4, -0.2) is 106 Å². The van der Waals surface area contributed by atoms with Crippen LogP contribution in [0.5, 0.6) is 0 Å². The Labute approximate surface area is 174 Å². The quantitative estimate of drug-likeness (QED) is 0.338. The predicted octanol–water partition coefficient (Wildman–Crippen LogP) is 1.78. The van der Waals surface area contributed by atoms with Crippen molar-refractivity contribution >= 4 is 17.6 Å². The Morgan fingerprint density at radius 1 is 0.464 bits per heavy atom. The van der Waals surface area contributed by atoms with Crippen LogP contribution >= 0.6 is 0 Å². The highest BCUT2D eigenvalue weighted by atomic mass is 28.4. The fraction of sp³-hybridized carbons (Fsp3) is 1.00. The minimum atomic E-state index is -2.65. The van der Waals surface area contributed by atoms with Gasteiger partial charge in [0.25, 0.3) is 0 Å². The van der Waals surface area contributed by atoms with Crippen LogP contribution in [0, 0.1) is 0 Å². The lowest BCUT2D eigenvalue weighted by Gasteiger charge is -2.40. The second-order valence-corrected chi connectivity index (χ2v) is 11.6. The van der Waals surface area contributed by atoms with Gasteiger partial charge in [0, 0.05) is 65.8 Å². The van der Waals surface area contributed by atoms with E-state index in [0.717, 1.165) is 38.5 Å². The summed E-state index contributed by atoms with van der Waals surface area (Å²) < 4.78 is 36.0. The molecular formula is C18H42N2O6Si2. The van der Waals surface area contributed by atoms with E-state index in [1.165, 1.54) is 0 Å². The van der Waals surface area contributed by atoms with E-state index in [-0.39, 0.29) is 0 Å². The standard InChI is InChI=1S/C18H42N2O6Si2/c1-7-21-27(22-8-2,23-9-3)17-19-13-15-20(16-14-19)18-28(24-10-4,25-11-5)26-12-6/h7-18H2,1-6H3. The zero-order valence-electron chi connectivity index (χ0n) is 18.8. The van der Waals surface area contributed by atoms with Crippen molar-refractivity contribution in [3.63, 3.8) is 0 Å². The number of rotatable bonds is 16. The average Bonchev–Trinajstić information content (AvgIpc) is 2.65. The predicted molar refractivity (Wildman–Crippen MR) is 114 cm³/mol. The summed E-state index contributed by atoms with van der Waals surface area (Å²) in [5.41, 5.74) is 0. The lowest BCUT2D eigenvalue weighted by Crippen LogP contribution is -2.62. The first kappa shape index (κ1) is 26.1. The number of nitrogens with zero attached hydrogens (tertiary/aromatic N) is 2. The van der Waals surface area contributed by atoms with Crippen molar-refractivity contribution in [3.05, 3.63) is 0 Å². The molecule has 1 aliphatic rings. The fourth-order valence-corrected chi connectivity index (χ4v) is 8.91. The Morgan fingerprint density at radius 2 is 0.679 bits per heavy atom. The Morgan fingerprint density at radius 3 is 0.857 bits per heavy atom. The van der Waals surface area contributed by atoms with Crippen LogP contribution < -0.4 is 0 Å². The maximum absolute atomic E-state index is 6.00. The molecule has 10 heteroatoms. The molecular weight excluding hydrogens is 396 g/mol. The number of hydrogen-bond acceptors (Lipinski definition) is 8. The third-order valence-electron chi connectivity index (χ3n) is 4.48. The van der Waals surface area contributed by atoms with Gasteiger partial charge in [-0.1, -0.05) is 0 Å². The van der Waals surface area contributed by atoms with Crippen molar-refractivity contribution in [2.75, 3.05) is 78.2 Å². The summed E-state index contributed by atoms with van der Waals surface area (Å²) in [4.78, 5) is 4.80. The fourth-order valence-electron chi connectivity index (χ4n) is 3.50. The lowest BCUT2D eigenvalue weighted by atomic mass is 10.4. The normalized spacial score (nSPS) is 17.4. The molecule has 1 saturated heterocycles. The van der Waals surface area contributed by atoms with Gasteiger partial charge in [-0.15, -0.1) is 0 Å². The molecule has 0 N–H and O–H groups in total. The molecule has 0 aromatic rings. The van der Waals surface area contributed by atoms with Crippen molar-refractivity contribution in [2.24, 2.45) is 0 Å².